The van der Waals surface area contributed by atoms with Crippen molar-refractivity contribution in [2.75, 3.05) is 24.3 Å². The summed E-state index contributed by atoms with van der Waals surface area (Å²) in [5.74, 6) is 0.641. The molecule has 0 spiro atoms. The van der Waals surface area contributed by atoms with E-state index in [0.29, 0.717) is 29.6 Å². The third-order valence-corrected chi connectivity index (χ3v) is 3.89. The molecule has 1 aromatic rings. The van der Waals surface area contributed by atoms with Crippen LogP contribution in [0.5, 0.6) is 5.75 Å². The summed E-state index contributed by atoms with van der Waals surface area (Å²) in [5, 5.41) is 8.16. The second kappa shape index (κ2) is 7.81. The summed E-state index contributed by atoms with van der Waals surface area (Å²) in [7, 11) is 1.49. The average molecular weight is 333 g/mol. The first-order chi connectivity index (χ1) is 11.4. The van der Waals surface area contributed by atoms with Crippen LogP contribution in [0.2, 0.25) is 0 Å². The molecule has 1 aliphatic rings. The number of carbonyl (C=O) groups excluding carboxylic acids is 3. The van der Waals surface area contributed by atoms with E-state index in [0.717, 1.165) is 6.42 Å². The first-order valence-electron chi connectivity index (χ1n) is 7.94. The van der Waals surface area contributed by atoms with Gasteiger partial charge >= 0.3 is 0 Å². The lowest BCUT2D eigenvalue weighted by Crippen LogP contribution is -2.29. The summed E-state index contributed by atoms with van der Waals surface area (Å²) in [5.41, 5.74) is 1.10. The molecule has 1 saturated carbocycles. The third-order valence-electron chi connectivity index (χ3n) is 3.89. The number of hydrogen-bond donors (Lipinski definition) is 3. The van der Waals surface area contributed by atoms with Gasteiger partial charge in [-0.2, -0.15) is 0 Å². The van der Waals surface area contributed by atoms with Crippen molar-refractivity contribution in [3.8, 4) is 5.75 Å². The molecule has 0 heterocycles. The van der Waals surface area contributed by atoms with Crippen LogP contribution in [-0.2, 0) is 14.4 Å². The number of carbonyl (C=O) groups is 3. The second-order valence-corrected chi connectivity index (χ2v) is 6.00. The molecule has 24 heavy (non-hydrogen) atoms. The lowest BCUT2D eigenvalue weighted by Gasteiger charge is -2.12. The van der Waals surface area contributed by atoms with Crippen LogP contribution in [0.3, 0.4) is 0 Å². The molecule has 1 aliphatic carbocycles. The lowest BCUT2D eigenvalue weighted by atomic mass is 10.2. The van der Waals surface area contributed by atoms with Gasteiger partial charge < -0.3 is 20.7 Å². The Morgan fingerprint density at radius 1 is 1.25 bits per heavy atom. The predicted molar refractivity (Wildman–Crippen MR) is 90.8 cm³/mol. The van der Waals surface area contributed by atoms with Crippen molar-refractivity contribution in [1.29, 1.82) is 0 Å². The molecule has 0 aliphatic heterocycles. The molecule has 130 valence electrons. The van der Waals surface area contributed by atoms with Gasteiger partial charge in [0.15, 0.2) is 0 Å². The number of methoxy groups -OCH3 is 1. The topological polar surface area (TPSA) is 96.5 Å². The van der Waals surface area contributed by atoms with Crippen molar-refractivity contribution in [2.45, 2.75) is 26.7 Å². The number of benzene rings is 1. The van der Waals surface area contributed by atoms with E-state index in [9.17, 15) is 14.4 Å². The van der Waals surface area contributed by atoms with E-state index in [1.165, 1.54) is 14.0 Å². The summed E-state index contributed by atoms with van der Waals surface area (Å²) < 4.78 is 5.20. The van der Waals surface area contributed by atoms with Gasteiger partial charge in [-0.25, -0.2) is 0 Å². The van der Waals surface area contributed by atoms with Crippen molar-refractivity contribution in [1.82, 2.24) is 5.32 Å². The second-order valence-electron chi connectivity index (χ2n) is 6.00. The molecule has 3 amide bonds. The van der Waals surface area contributed by atoms with E-state index in [2.05, 4.69) is 16.0 Å². The van der Waals surface area contributed by atoms with Gasteiger partial charge in [-0.1, -0.05) is 6.92 Å². The van der Waals surface area contributed by atoms with Gasteiger partial charge in [0.25, 0.3) is 0 Å². The molecule has 0 aromatic heterocycles. The molecule has 0 unspecified atom stereocenters. The maximum Gasteiger partial charge on any atom is 0.226 e. The van der Waals surface area contributed by atoms with Crippen LogP contribution >= 0.6 is 0 Å². The Bertz CT molecular complexity index is 645. The maximum atomic E-state index is 11.9. The lowest BCUT2D eigenvalue weighted by molar-refractivity contribution is -0.122. The molecular weight excluding hydrogens is 310 g/mol. The quantitative estimate of drug-likeness (QED) is 0.708. The summed E-state index contributed by atoms with van der Waals surface area (Å²) in [6.07, 6.45) is 1.13. The minimum absolute atomic E-state index is 0.0247. The number of hydrogen-bond acceptors (Lipinski definition) is 4. The standard InChI is InChI=1S/C17H23N3O4/c1-10-8-13(10)17(23)18-7-6-16(22)20-12-4-5-14(19-11(2)21)15(9-12)24-3/h4-5,9-10,13H,6-8H2,1-3H3,(H,18,23)(H,19,21)(H,20,22)/t10-,13+/m0/s1. The normalized spacial score (nSPS) is 18.5. The largest absolute Gasteiger partial charge is 0.494 e. The van der Waals surface area contributed by atoms with Crippen molar-refractivity contribution < 1.29 is 19.1 Å². The van der Waals surface area contributed by atoms with E-state index in [-0.39, 0.29) is 30.1 Å². The fourth-order valence-corrected chi connectivity index (χ4v) is 2.40. The molecule has 2 atom stereocenters. The Morgan fingerprint density at radius 3 is 2.54 bits per heavy atom. The first-order valence-corrected chi connectivity index (χ1v) is 7.94. The fourth-order valence-electron chi connectivity index (χ4n) is 2.40. The van der Waals surface area contributed by atoms with Gasteiger partial charge in [0, 0.05) is 37.6 Å². The van der Waals surface area contributed by atoms with Gasteiger partial charge in [-0.3, -0.25) is 14.4 Å². The van der Waals surface area contributed by atoms with Gasteiger partial charge in [0.2, 0.25) is 17.7 Å². The zero-order valence-corrected chi connectivity index (χ0v) is 14.1. The van der Waals surface area contributed by atoms with Gasteiger partial charge in [-0.05, 0) is 24.5 Å². The van der Waals surface area contributed by atoms with Gasteiger partial charge in [0.1, 0.15) is 5.75 Å². The van der Waals surface area contributed by atoms with E-state index in [1.807, 2.05) is 6.92 Å². The first kappa shape index (κ1) is 17.8. The molecule has 0 radical (unpaired) electrons. The van der Waals surface area contributed by atoms with Crippen LogP contribution in [0.1, 0.15) is 26.7 Å². The molecule has 3 N–H and O–H groups in total. The molecule has 7 nitrogen and oxygen atoms in total. The highest BCUT2D eigenvalue weighted by Gasteiger charge is 2.38. The maximum absolute atomic E-state index is 11.9. The number of nitrogens with one attached hydrogen (secondary N) is 3. The monoisotopic (exact) mass is 333 g/mol. The Labute approximate surface area is 141 Å². The van der Waals surface area contributed by atoms with Crippen molar-refractivity contribution >= 4 is 29.1 Å². The van der Waals surface area contributed by atoms with E-state index < -0.39 is 0 Å². The summed E-state index contributed by atoms with van der Waals surface area (Å²) in [6.45, 7) is 3.76. The number of ether oxygens (including phenoxy) is 1. The summed E-state index contributed by atoms with van der Waals surface area (Å²) in [6, 6.07) is 4.97. The SMILES string of the molecule is COc1cc(NC(=O)CCNC(=O)[C@@H]2C[C@@H]2C)ccc1NC(C)=O. The van der Waals surface area contributed by atoms with Crippen molar-refractivity contribution in [3.63, 3.8) is 0 Å². The number of amides is 3. The number of rotatable bonds is 7. The average Bonchev–Trinajstić information content (AvgIpc) is 3.25. The smallest absolute Gasteiger partial charge is 0.226 e. The molecule has 1 fully saturated rings. The molecule has 0 saturated heterocycles. The Kier molecular flexibility index (Phi) is 5.78. The molecule has 1 aromatic carbocycles. The molecule has 2 rings (SSSR count). The highest BCUT2D eigenvalue weighted by molar-refractivity contribution is 5.94. The molecular formula is C17H23N3O4. The van der Waals surface area contributed by atoms with E-state index in [4.69, 9.17) is 4.74 Å². The summed E-state index contributed by atoms with van der Waals surface area (Å²) >= 11 is 0. The van der Waals surface area contributed by atoms with Crippen LogP contribution in [0.15, 0.2) is 18.2 Å². The zero-order chi connectivity index (χ0) is 17.7. The van der Waals surface area contributed by atoms with Crippen LogP contribution in [0.25, 0.3) is 0 Å². The van der Waals surface area contributed by atoms with E-state index in [1.54, 1.807) is 18.2 Å². The zero-order valence-electron chi connectivity index (χ0n) is 14.1. The van der Waals surface area contributed by atoms with Gasteiger partial charge in [-0.15, -0.1) is 0 Å². The Balaban J connectivity index is 1.82. The summed E-state index contributed by atoms with van der Waals surface area (Å²) in [4.78, 5) is 34.7. The minimum Gasteiger partial charge on any atom is -0.494 e. The van der Waals surface area contributed by atoms with Crippen molar-refractivity contribution in [2.24, 2.45) is 11.8 Å². The van der Waals surface area contributed by atoms with Crippen molar-refractivity contribution in [3.05, 3.63) is 18.2 Å². The van der Waals surface area contributed by atoms with Gasteiger partial charge in [0.05, 0.1) is 12.8 Å². The number of anilines is 2. The van der Waals surface area contributed by atoms with E-state index >= 15 is 0 Å². The predicted octanol–water partition coefficient (Wildman–Crippen LogP) is 1.75. The van der Waals surface area contributed by atoms with Crippen LogP contribution < -0.4 is 20.7 Å². The highest BCUT2D eigenvalue weighted by Crippen LogP contribution is 2.37. The Hall–Kier alpha value is -2.57. The highest BCUT2D eigenvalue weighted by atomic mass is 16.5. The van der Waals surface area contributed by atoms with Crippen LogP contribution in [-0.4, -0.2) is 31.4 Å². The van der Waals surface area contributed by atoms with Crippen LogP contribution in [0, 0.1) is 11.8 Å². The molecule has 0 bridgehead atoms. The third kappa shape index (κ3) is 4.97. The van der Waals surface area contributed by atoms with Crippen LogP contribution in [0.4, 0.5) is 11.4 Å². The molecule has 7 heteroatoms. The fraction of sp³-hybridized carbons (Fsp3) is 0.471. The Morgan fingerprint density at radius 2 is 1.96 bits per heavy atom. The minimum atomic E-state index is -0.203.